The summed E-state index contributed by atoms with van der Waals surface area (Å²) >= 11 is 0. The number of carbonyl (C=O) groups excluding carboxylic acids is 1. The molecule has 4 heterocycles. The Morgan fingerprint density at radius 2 is 1.88 bits per heavy atom. The van der Waals surface area contributed by atoms with E-state index < -0.39 is 0 Å². The minimum atomic E-state index is -0.0647. The molecule has 2 aromatic carbocycles. The van der Waals surface area contributed by atoms with Crippen LogP contribution < -0.4 is 5.32 Å². The van der Waals surface area contributed by atoms with Crippen molar-refractivity contribution in [3.63, 3.8) is 0 Å². The highest BCUT2D eigenvalue weighted by Crippen LogP contribution is 2.29. The fourth-order valence-corrected chi connectivity index (χ4v) is 4.21. The zero-order chi connectivity index (χ0) is 17.5. The molecule has 0 aliphatic carbocycles. The number of para-hydroxylation sites is 1. The van der Waals surface area contributed by atoms with Crippen molar-refractivity contribution < 1.29 is 9.21 Å². The number of nitrogens with one attached hydrogen (secondary N) is 1. The third-order valence-corrected chi connectivity index (χ3v) is 5.65. The van der Waals surface area contributed by atoms with E-state index in [9.17, 15) is 4.79 Å². The van der Waals surface area contributed by atoms with Crippen molar-refractivity contribution >= 4 is 17.0 Å². The van der Waals surface area contributed by atoms with Gasteiger partial charge in [0.1, 0.15) is 5.52 Å². The predicted octanol–water partition coefficient (Wildman–Crippen LogP) is 3.32. The van der Waals surface area contributed by atoms with Gasteiger partial charge in [-0.15, -0.1) is 0 Å². The lowest BCUT2D eigenvalue weighted by Crippen LogP contribution is -2.57. The van der Waals surface area contributed by atoms with E-state index in [2.05, 4.69) is 15.2 Å². The number of fused-ring (bicyclic) bond motifs is 4. The van der Waals surface area contributed by atoms with Crippen LogP contribution in [0.2, 0.25) is 0 Å². The van der Waals surface area contributed by atoms with Crippen LogP contribution in [0.4, 0.5) is 0 Å². The van der Waals surface area contributed by atoms with E-state index in [0.29, 0.717) is 28.5 Å². The molecule has 26 heavy (non-hydrogen) atoms. The first-order chi connectivity index (χ1) is 12.8. The Morgan fingerprint density at radius 3 is 2.62 bits per heavy atom. The van der Waals surface area contributed by atoms with Gasteiger partial charge in [0.15, 0.2) is 5.58 Å². The molecule has 6 rings (SSSR count). The molecule has 3 aliphatic rings. The van der Waals surface area contributed by atoms with Gasteiger partial charge in [-0.1, -0.05) is 24.3 Å². The van der Waals surface area contributed by atoms with E-state index in [0.717, 1.165) is 25.2 Å². The maximum absolute atomic E-state index is 12.9. The van der Waals surface area contributed by atoms with E-state index in [1.165, 1.54) is 12.8 Å². The lowest BCUT2D eigenvalue weighted by atomic mass is 9.84. The number of hydrogen-bond donors (Lipinski definition) is 1. The Balaban J connectivity index is 1.45. The summed E-state index contributed by atoms with van der Waals surface area (Å²) in [6, 6.07) is 15.6. The SMILES string of the molecule is O=C(NC1CN2CCC1CC2)c1cccc2nc(-c3ccccc3)oc12. The number of nitrogens with zero attached hydrogens (tertiary/aromatic N) is 2. The van der Waals surface area contributed by atoms with Crippen LogP contribution in [0.15, 0.2) is 52.9 Å². The molecule has 3 aromatic rings. The molecule has 0 spiro atoms. The Hall–Kier alpha value is -2.66. The normalized spacial score (nSPS) is 24.7. The summed E-state index contributed by atoms with van der Waals surface area (Å²) in [5.41, 5.74) is 2.75. The second kappa shape index (κ2) is 6.25. The number of carbonyl (C=O) groups is 1. The molecule has 1 amide bonds. The third kappa shape index (κ3) is 2.69. The summed E-state index contributed by atoms with van der Waals surface area (Å²) in [6.45, 7) is 3.28. The lowest BCUT2D eigenvalue weighted by molar-refractivity contribution is 0.0621. The topological polar surface area (TPSA) is 58.4 Å². The van der Waals surface area contributed by atoms with Crippen LogP contribution in [0.5, 0.6) is 0 Å². The first kappa shape index (κ1) is 15.6. The molecule has 1 N–H and O–H groups in total. The largest absolute Gasteiger partial charge is 0.435 e. The molecule has 1 unspecified atom stereocenters. The molecule has 0 radical (unpaired) electrons. The quantitative estimate of drug-likeness (QED) is 0.790. The summed E-state index contributed by atoms with van der Waals surface area (Å²) in [7, 11) is 0. The van der Waals surface area contributed by atoms with Crippen molar-refractivity contribution in [3.05, 3.63) is 54.1 Å². The summed E-state index contributed by atoms with van der Waals surface area (Å²) in [6.07, 6.45) is 2.35. The van der Waals surface area contributed by atoms with E-state index >= 15 is 0 Å². The van der Waals surface area contributed by atoms with Gasteiger partial charge in [0.05, 0.1) is 5.56 Å². The van der Waals surface area contributed by atoms with Crippen molar-refractivity contribution in [2.24, 2.45) is 5.92 Å². The van der Waals surface area contributed by atoms with Gasteiger partial charge in [-0.25, -0.2) is 4.98 Å². The van der Waals surface area contributed by atoms with Gasteiger partial charge in [-0.3, -0.25) is 4.79 Å². The second-order valence-electron chi connectivity index (χ2n) is 7.26. The van der Waals surface area contributed by atoms with Gasteiger partial charge in [0, 0.05) is 18.2 Å². The predicted molar refractivity (Wildman–Crippen MR) is 99.9 cm³/mol. The van der Waals surface area contributed by atoms with E-state index in [1.54, 1.807) is 0 Å². The molecular weight excluding hydrogens is 326 g/mol. The summed E-state index contributed by atoms with van der Waals surface area (Å²) in [4.78, 5) is 19.9. The van der Waals surface area contributed by atoms with Crippen molar-refractivity contribution in [1.29, 1.82) is 0 Å². The number of piperidine rings is 3. The van der Waals surface area contributed by atoms with Crippen LogP contribution in [0.25, 0.3) is 22.6 Å². The molecule has 1 atom stereocenters. The smallest absolute Gasteiger partial charge is 0.255 e. The van der Waals surface area contributed by atoms with Gasteiger partial charge in [0.25, 0.3) is 5.91 Å². The van der Waals surface area contributed by atoms with Gasteiger partial charge >= 0.3 is 0 Å². The molecule has 5 heteroatoms. The number of aromatic nitrogens is 1. The Morgan fingerprint density at radius 1 is 1.08 bits per heavy atom. The summed E-state index contributed by atoms with van der Waals surface area (Å²) in [5.74, 6) is 1.08. The molecule has 132 valence electrons. The highest BCUT2D eigenvalue weighted by atomic mass is 16.3. The van der Waals surface area contributed by atoms with Gasteiger partial charge in [-0.2, -0.15) is 0 Å². The zero-order valence-electron chi connectivity index (χ0n) is 14.5. The molecule has 3 aliphatic heterocycles. The number of amides is 1. The van der Waals surface area contributed by atoms with Crippen molar-refractivity contribution in [1.82, 2.24) is 15.2 Å². The molecule has 2 bridgehead atoms. The fraction of sp³-hybridized carbons (Fsp3) is 0.333. The summed E-state index contributed by atoms with van der Waals surface area (Å²) < 4.78 is 5.98. The Labute approximate surface area is 152 Å². The number of benzene rings is 2. The highest BCUT2D eigenvalue weighted by molar-refractivity contribution is 6.04. The molecule has 0 saturated carbocycles. The van der Waals surface area contributed by atoms with Crippen LogP contribution in [0, 0.1) is 5.92 Å². The van der Waals surface area contributed by atoms with Crippen LogP contribution >= 0.6 is 0 Å². The Kier molecular flexibility index (Phi) is 3.75. The average molecular weight is 347 g/mol. The minimum absolute atomic E-state index is 0.0647. The first-order valence-corrected chi connectivity index (χ1v) is 9.26. The molecule has 3 fully saturated rings. The van der Waals surface area contributed by atoms with Crippen molar-refractivity contribution in [3.8, 4) is 11.5 Å². The second-order valence-corrected chi connectivity index (χ2v) is 7.26. The maximum Gasteiger partial charge on any atom is 0.255 e. The highest BCUT2D eigenvalue weighted by Gasteiger charge is 2.35. The first-order valence-electron chi connectivity index (χ1n) is 9.26. The van der Waals surface area contributed by atoms with Crippen LogP contribution in [0.3, 0.4) is 0 Å². The minimum Gasteiger partial charge on any atom is -0.435 e. The fourth-order valence-electron chi connectivity index (χ4n) is 4.21. The Bertz CT molecular complexity index is 942. The molecule has 3 saturated heterocycles. The third-order valence-electron chi connectivity index (χ3n) is 5.65. The van der Waals surface area contributed by atoms with Gasteiger partial charge in [-0.05, 0) is 56.1 Å². The van der Waals surface area contributed by atoms with Gasteiger partial charge in [0.2, 0.25) is 5.89 Å². The molecular formula is C21H21N3O2. The zero-order valence-corrected chi connectivity index (χ0v) is 14.5. The van der Waals surface area contributed by atoms with Crippen LogP contribution in [-0.2, 0) is 0 Å². The van der Waals surface area contributed by atoms with Crippen molar-refractivity contribution in [2.45, 2.75) is 18.9 Å². The molecule has 5 nitrogen and oxygen atoms in total. The van der Waals surface area contributed by atoms with Crippen LogP contribution in [-0.4, -0.2) is 41.5 Å². The van der Waals surface area contributed by atoms with Gasteiger partial charge < -0.3 is 14.6 Å². The summed E-state index contributed by atoms with van der Waals surface area (Å²) in [5, 5.41) is 3.24. The van der Waals surface area contributed by atoms with Crippen LogP contribution in [0.1, 0.15) is 23.2 Å². The monoisotopic (exact) mass is 347 g/mol. The molecule has 1 aromatic heterocycles. The number of hydrogen-bond acceptors (Lipinski definition) is 4. The standard InChI is InChI=1S/C21H21N3O2/c25-20(22-18-13-24-11-9-14(18)10-12-24)16-7-4-8-17-19(16)26-21(23-17)15-5-2-1-3-6-15/h1-8,14,18H,9-13H2,(H,22,25). The van der Waals surface area contributed by atoms with E-state index in [-0.39, 0.29) is 11.9 Å². The van der Waals surface area contributed by atoms with E-state index in [1.807, 2.05) is 48.5 Å². The lowest BCUT2D eigenvalue weighted by Gasteiger charge is -2.44. The maximum atomic E-state index is 12.9. The average Bonchev–Trinajstić information content (AvgIpc) is 3.14. The van der Waals surface area contributed by atoms with E-state index in [4.69, 9.17) is 4.42 Å². The number of rotatable bonds is 3. The van der Waals surface area contributed by atoms with Crippen molar-refractivity contribution in [2.75, 3.05) is 19.6 Å². The number of oxazole rings is 1.